The van der Waals surface area contributed by atoms with Gasteiger partial charge in [0.1, 0.15) is 5.75 Å². The summed E-state index contributed by atoms with van der Waals surface area (Å²) in [4.78, 5) is 0.207. The second kappa shape index (κ2) is 6.26. The molecule has 2 aromatic rings. The molecule has 0 heterocycles. The van der Waals surface area contributed by atoms with Crippen molar-refractivity contribution >= 4 is 27.5 Å². The van der Waals surface area contributed by atoms with E-state index in [2.05, 4.69) is 28.1 Å². The minimum absolute atomic E-state index is 0.207. The Balaban J connectivity index is 2.16. The first-order valence-corrected chi connectivity index (χ1v) is 7.01. The van der Waals surface area contributed by atoms with E-state index in [1.165, 1.54) is 5.56 Å². The fraction of sp³-hybridized carbons (Fsp3) is 0.200. The standard InChI is InChI=1S/C15H14BrClO/c1-18-12-7-8-13(15(17)10-12)14(16)9-11-5-3-2-4-6-11/h2-8,10,14H,9H2,1H3. The van der Waals surface area contributed by atoms with Crippen molar-refractivity contribution in [2.75, 3.05) is 7.11 Å². The minimum Gasteiger partial charge on any atom is -0.497 e. The average Bonchev–Trinajstić information content (AvgIpc) is 2.39. The van der Waals surface area contributed by atoms with E-state index in [9.17, 15) is 0 Å². The summed E-state index contributed by atoms with van der Waals surface area (Å²) in [5.41, 5.74) is 2.37. The maximum Gasteiger partial charge on any atom is 0.120 e. The second-order valence-corrected chi connectivity index (χ2v) is 5.56. The van der Waals surface area contributed by atoms with Crippen LogP contribution < -0.4 is 4.74 Å². The third-order valence-corrected chi connectivity index (χ3v) is 3.95. The predicted octanol–water partition coefficient (Wildman–Crippen LogP) is 5.03. The topological polar surface area (TPSA) is 9.23 Å². The summed E-state index contributed by atoms with van der Waals surface area (Å²) in [7, 11) is 1.64. The van der Waals surface area contributed by atoms with Crippen LogP contribution in [0.1, 0.15) is 16.0 Å². The van der Waals surface area contributed by atoms with E-state index in [1.807, 2.05) is 36.4 Å². The molecular formula is C15H14BrClO. The summed E-state index contributed by atoms with van der Waals surface area (Å²) in [6, 6.07) is 16.1. The van der Waals surface area contributed by atoms with Gasteiger partial charge < -0.3 is 4.74 Å². The summed E-state index contributed by atoms with van der Waals surface area (Å²) in [6.45, 7) is 0. The Bertz CT molecular complexity index is 513. The van der Waals surface area contributed by atoms with Crippen LogP contribution in [0, 0.1) is 0 Å². The summed E-state index contributed by atoms with van der Waals surface area (Å²) in [5.74, 6) is 0.781. The second-order valence-electron chi connectivity index (χ2n) is 4.04. The molecule has 18 heavy (non-hydrogen) atoms. The Morgan fingerprint density at radius 2 is 1.89 bits per heavy atom. The third kappa shape index (κ3) is 3.27. The molecule has 0 aliphatic heterocycles. The van der Waals surface area contributed by atoms with Crippen molar-refractivity contribution in [2.45, 2.75) is 11.2 Å². The molecule has 0 saturated heterocycles. The van der Waals surface area contributed by atoms with Gasteiger partial charge in [-0.25, -0.2) is 0 Å². The van der Waals surface area contributed by atoms with Gasteiger partial charge in [-0.05, 0) is 29.7 Å². The Kier molecular flexibility index (Phi) is 4.67. The lowest BCUT2D eigenvalue weighted by atomic mass is 10.0. The van der Waals surface area contributed by atoms with Crippen LogP contribution in [0.4, 0.5) is 0 Å². The van der Waals surface area contributed by atoms with Gasteiger partial charge in [0.15, 0.2) is 0 Å². The zero-order valence-electron chi connectivity index (χ0n) is 10.1. The monoisotopic (exact) mass is 324 g/mol. The lowest BCUT2D eigenvalue weighted by Gasteiger charge is -2.13. The normalized spacial score (nSPS) is 12.2. The highest BCUT2D eigenvalue weighted by Gasteiger charge is 2.12. The van der Waals surface area contributed by atoms with Gasteiger partial charge >= 0.3 is 0 Å². The molecule has 1 unspecified atom stereocenters. The number of ether oxygens (including phenoxy) is 1. The van der Waals surface area contributed by atoms with E-state index < -0.39 is 0 Å². The Morgan fingerprint density at radius 3 is 2.50 bits per heavy atom. The van der Waals surface area contributed by atoms with Crippen LogP contribution in [0.5, 0.6) is 5.75 Å². The number of alkyl halides is 1. The number of rotatable bonds is 4. The molecule has 0 aromatic heterocycles. The van der Waals surface area contributed by atoms with Crippen LogP contribution in [0.3, 0.4) is 0 Å². The lowest BCUT2D eigenvalue weighted by Crippen LogP contribution is -1.96. The SMILES string of the molecule is COc1ccc(C(Br)Cc2ccccc2)c(Cl)c1. The van der Waals surface area contributed by atoms with Gasteiger partial charge in [0.05, 0.1) is 7.11 Å². The summed E-state index contributed by atoms with van der Waals surface area (Å²) < 4.78 is 5.15. The quantitative estimate of drug-likeness (QED) is 0.717. The summed E-state index contributed by atoms with van der Waals surface area (Å²) in [6.07, 6.45) is 0.910. The Labute approximate surface area is 121 Å². The van der Waals surface area contributed by atoms with Gasteiger partial charge in [-0.2, -0.15) is 0 Å². The molecule has 94 valence electrons. The maximum atomic E-state index is 6.26. The van der Waals surface area contributed by atoms with Crippen molar-refractivity contribution in [3.63, 3.8) is 0 Å². The van der Waals surface area contributed by atoms with E-state index in [0.717, 1.165) is 22.8 Å². The van der Waals surface area contributed by atoms with Crippen molar-refractivity contribution in [1.82, 2.24) is 0 Å². The molecule has 1 atom stereocenters. The van der Waals surface area contributed by atoms with Crippen LogP contribution >= 0.6 is 27.5 Å². The van der Waals surface area contributed by atoms with Gasteiger partial charge in [0, 0.05) is 9.85 Å². The molecular weight excluding hydrogens is 312 g/mol. The van der Waals surface area contributed by atoms with Crippen LogP contribution in [0.25, 0.3) is 0 Å². The fourth-order valence-corrected chi connectivity index (χ4v) is 3.03. The molecule has 0 aliphatic carbocycles. The van der Waals surface area contributed by atoms with Crippen molar-refractivity contribution in [1.29, 1.82) is 0 Å². The Hall–Kier alpha value is -0.990. The minimum atomic E-state index is 0.207. The number of benzene rings is 2. The first kappa shape index (κ1) is 13.4. The van der Waals surface area contributed by atoms with Crippen LogP contribution in [0.2, 0.25) is 5.02 Å². The van der Waals surface area contributed by atoms with Gasteiger partial charge in [0.25, 0.3) is 0 Å². The van der Waals surface area contributed by atoms with Crippen molar-refractivity contribution in [2.24, 2.45) is 0 Å². The van der Waals surface area contributed by atoms with Crippen molar-refractivity contribution in [3.05, 3.63) is 64.7 Å². The van der Waals surface area contributed by atoms with Gasteiger partial charge in [-0.3, -0.25) is 0 Å². The third-order valence-electron chi connectivity index (χ3n) is 2.80. The maximum absolute atomic E-state index is 6.26. The number of halogens is 2. The molecule has 0 radical (unpaired) electrons. The smallest absolute Gasteiger partial charge is 0.120 e. The lowest BCUT2D eigenvalue weighted by molar-refractivity contribution is 0.414. The van der Waals surface area contributed by atoms with E-state index in [4.69, 9.17) is 16.3 Å². The number of methoxy groups -OCH3 is 1. The zero-order chi connectivity index (χ0) is 13.0. The molecule has 0 aliphatic rings. The largest absolute Gasteiger partial charge is 0.497 e. The first-order valence-electron chi connectivity index (χ1n) is 5.72. The highest BCUT2D eigenvalue weighted by Crippen LogP contribution is 2.34. The molecule has 2 rings (SSSR count). The molecule has 0 bridgehead atoms. The van der Waals surface area contributed by atoms with Crippen molar-refractivity contribution in [3.8, 4) is 5.75 Å². The molecule has 0 amide bonds. The van der Waals surface area contributed by atoms with Crippen molar-refractivity contribution < 1.29 is 4.74 Å². The number of hydrogen-bond acceptors (Lipinski definition) is 1. The van der Waals surface area contributed by atoms with Crippen LogP contribution in [-0.4, -0.2) is 7.11 Å². The molecule has 3 heteroatoms. The molecule has 2 aromatic carbocycles. The zero-order valence-corrected chi connectivity index (χ0v) is 12.4. The molecule has 1 nitrogen and oxygen atoms in total. The molecule has 0 spiro atoms. The fourth-order valence-electron chi connectivity index (χ4n) is 1.82. The summed E-state index contributed by atoms with van der Waals surface area (Å²) in [5, 5.41) is 0.729. The Morgan fingerprint density at radius 1 is 1.17 bits per heavy atom. The van der Waals surface area contributed by atoms with Crippen LogP contribution in [-0.2, 0) is 6.42 Å². The van der Waals surface area contributed by atoms with Gasteiger partial charge in [-0.1, -0.05) is 63.9 Å². The van der Waals surface area contributed by atoms with E-state index >= 15 is 0 Å². The van der Waals surface area contributed by atoms with E-state index in [0.29, 0.717) is 0 Å². The van der Waals surface area contributed by atoms with E-state index in [-0.39, 0.29) is 4.83 Å². The van der Waals surface area contributed by atoms with Gasteiger partial charge in [0.2, 0.25) is 0 Å². The van der Waals surface area contributed by atoms with Crippen LogP contribution in [0.15, 0.2) is 48.5 Å². The molecule has 0 N–H and O–H groups in total. The molecule has 0 saturated carbocycles. The first-order chi connectivity index (χ1) is 8.70. The van der Waals surface area contributed by atoms with Gasteiger partial charge in [-0.15, -0.1) is 0 Å². The summed E-state index contributed by atoms with van der Waals surface area (Å²) >= 11 is 9.95. The van der Waals surface area contributed by atoms with E-state index in [1.54, 1.807) is 7.11 Å². The number of hydrogen-bond donors (Lipinski definition) is 0. The highest BCUT2D eigenvalue weighted by atomic mass is 79.9. The molecule has 0 fully saturated rings. The highest BCUT2D eigenvalue weighted by molar-refractivity contribution is 9.09. The predicted molar refractivity (Wildman–Crippen MR) is 79.8 cm³/mol. The average molecular weight is 326 g/mol.